The van der Waals surface area contributed by atoms with Crippen molar-refractivity contribution in [1.82, 2.24) is 0 Å². The van der Waals surface area contributed by atoms with Crippen LogP contribution < -0.4 is 20.4 Å². The van der Waals surface area contributed by atoms with Gasteiger partial charge in [0.15, 0.2) is 0 Å². The summed E-state index contributed by atoms with van der Waals surface area (Å²) in [6.45, 7) is 2.44. The van der Waals surface area contributed by atoms with Crippen molar-refractivity contribution in [2.45, 2.75) is 32.6 Å². The first-order valence-corrected chi connectivity index (χ1v) is 11.3. The Hall–Kier alpha value is -3.68. The van der Waals surface area contributed by atoms with Crippen LogP contribution >= 0.6 is 0 Å². The lowest BCUT2D eigenvalue weighted by Crippen LogP contribution is -2.30. The van der Waals surface area contributed by atoms with Crippen LogP contribution in [0.4, 0.5) is 22.7 Å². The molecule has 0 aromatic heterocycles. The van der Waals surface area contributed by atoms with Crippen LogP contribution in [0.25, 0.3) is 0 Å². The molecule has 2 heterocycles. The molecule has 5 rings (SSSR count). The highest BCUT2D eigenvalue weighted by Crippen LogP contribution is 2.38. The summed E-state index contributed by atoms with van der Waals surface area (Å²) >= 11 is 0. The number of hydrogen-bond donors (Lipinski definition) is 2. The Morgan fingerprint density at radius 3 is 2.30 bits per heavy atom. The van der Waals surface area contributed by atoms with Crippen molar-refractivity contribution in [2.24, 2.45) is 11.8 Å². The molecule has 33 heavy (non-hydrogen) atoms. The Balaban J connectivity index is 1.24. The third kappa shape index (κ3) is 4.33. The van der Waals surface area contributed by atoms with E-state index in [0.29, 0.717) is 24.5 Å². The van der Waals surface area contributed by atoms with Gasteiger partial charge in [0.05, 0.1) is 5.92 Å². The van der Waals surface area contributed by atoms with Gasteiger partial charge in [0.1, 0.15) is 0 Å². The first-order valence-electron chi connectivity index (χ1n) is 11.3. The smallest absolute Gasteiger partial charge is 0.230 e. The van der Waals surface area contributed by atoms with Crippen molar-refractivity contribution in [3.63, 3.8) is 0 Å². The second kappa shape index (κ2) is 8.35. The molecule has 4 amide bonds. The zero-order valence-electron chi connectivity index (χ0n) is 18.5. The lowest BCUT2D eigenvalue weighted by Gasteiger charge is -2.20. The maximum atomic E-state index is 12.8. The van der Waals surface area contributed by atoms with E-state index < -0.39 is 5.92 Å². The van der Waals surface area contributed by atoms with Crippen molar-refractivity contribution < 1.29 is 19.2 Å². The average Bonchev–Trinajstić information content (AvgIpc) is 3.44. The third-order valence-electron chi connectivity index (χ3n) is 6.43. The van der Waals surface area contributed by atoms with Crippen molar-refractivity contribution in [2.75, 3.05) is 33.5 Å². The predicted molar refractivity (Wildman–Crippen MR) is 125 cm³/mol. The van der Waals surface area contributed by atoms with Gasteiger partial charge in [-0.05, 0) is 67.3 Å². The van der Waals surface area contributed by atoms with Crippen LogP contribution in [0.15, 0.2) is 42.5 Å². The van der Waals surface area contributed by atoms with Gasteiger partial charge in [-0.25, -0.2) is 0 Å². The average molecular weight is 447 g/mol. The van der Waals surface area contributed by atoms with E-state index in [4.69, 9.17) is 0 Å². The fourth-order valence-corrected chi connectivity index (χ4v) is 4.55. The van der Waals surface area contributed by atoms with E-state index >= 15 is 0 Å². The van der Waals surface area contributed by atoms with Crippen LogP contribution in [0.2, 0.25) is 0 Å². The molecule has 2 fully saturated rings. The molecule has 1 saturated heterocycles. The second-order valence-electron chi connectivity index (χ2n) is 8.98. The molecule has 1 aliphatic carbocycles. The van der Waals surface area contributed by atoms with Gasteiger partial charge in [-0.2, -0.15) is 0 Å². The van der Waals surface area contributed by atoms with Gasteiger partial charge in [-0.15, -0.1) is 0 Å². The Kier molecular flexibility index (Phi) is 5.36. The minimum atomic E-state index is -0.450. The number of nitrogens with zero attached hydrogens (tertiary/aromatic N) is 2. The molecule has 8 heteroatoms. The van der Waals surface area contributed by atoms with Crippen LogP contribution in [-0.2, 0) is 25.6 Å². The number of nitrogens with one attached hydrogen (secondary N) is 2. The van der Waals surface area contributed by atoms with Crippen LogP contribution in [0.1, 0.15) is 31.7 Å². The largest absolute Gasteiger partial charge is 0.326 e. The topological polar surface area (TPSA) is 98.8 Å². The summed E-state index contributed by atoms with van der Waals surface area (Å²) < 4.78 is 0. The monoisotopic (exact) mass is 446 g/mol. The lowest BCUT2D eigenvalue weighted by atomic mass is 10.1. The quantitative estimate of drug-likeness (QED) is 0.738. The van der Waals surface area contributed by atoms with E-state index in [-0.39, 0.29) is 36.0 Å². The molecule has 2 aliphatic heterocycles. The Morgan fingerprint density at radius 1 is 0.939 bits per heavy atom. The maximum absolute atomic E-state index is 12.8. The summed E-state index contributed by atoms with van der Waals surface area (Å²) in [5, 5.41) is 5.54. The standard InChI is InChI=1S/C25H26N4O4/c1-15(30)26-19-4-6-20(7-5-19)27-24(32)18-13-23(31)29(14-18)21-8-9-22-17(12-21)10-11-28(22)25(33)16-2-3-16/h4-9,12,16,18H,2-3,10-11,13-14H2,1H3,(H,26,30)(H,27,32)/t18-/m1/s1. The molecule has 0 radical (unpaired) electrons. The number of benzene rings is 2. The fourth-order valence-electron chi connectivity index (χ4n) is 4.55. The molecule has 3 aliphatic rings. The summed E-state index contributed by atoms with van der Waals surface area (Å²) in [7, 11) is 0. The SMILES string of the molecule is CC(=O)Nc1ccc(NC(=O)[C@@H]2CC(=O)N(c3ccc4c(c3)CCN4C(=O)C3CC3)C2)cc1. The number of hydrogen-bond acceptors (Lipinski definition) is 4. The molecule has 2 aromatic carbocycles. The fraction of sp³-hybridized carbons (Fsp3) is 0.360. The van der Waals surface area contributed by atoms with E-state index in [9.17, 15) is 19.2 Å². The van der Waals surface area contributed by atoms with Crippen LogP contribution in [0.3, 0.4) is 0 Å². The third-order valence-corrected chi connectivity index (χ3v) is 6.43. The van der Waals surface area contributed by atoms with Gasteiger partial charge in [-0.3, -0.25) is 19.2 Å². The minimum Gasteiger partial charge on any atom is -0.326 e. The van der Waals surface area contributed by atoms with Gasteiger partial charge in [0.2, 0.25) is 23.6 Å². The first kappa shape index (κ1) is 21.2. The highest BCUT2D eigenvalue weighted by Gasteiger charge is 2.38. The Labute approximate surface area is 191 Å². The molecule has 8 nitrogen and oxygen atoms in total. The van der Waals surface area contributed by atoms with Gasteiger partial charge >= 0.3 is 0 Å². The molecule has 2 N–H and O–H groups in total. The molecule has 0 unspecified atom stereocenters. The summed E-state index contributed by atoms with van der Waals surface area (Å²) in [4.78, 5) is 52.6. The summed E-state index contributed by atoms with van der Waals surface area (Å²) in [5.41, 5.74) is 4.05. The molecule has 1 saturated carbocycles. The van der Waals surface area contributed by atoms with Gasteiger partial charge < -0.3 is 20.4 Å². The molecule has 2 aromatic rings. The van der Waals surface area contributed by atoms with Crippen LogP contribution in [-0.4, -0.2) is 36.7 Å². The maximum Gasteiger partial charge on any atom is 0.230 e. The molecule has 170 valence electrons. The predicted octanol–water partition coefficient (Wildman–Crippen LogP) is 2.94. The van der Waals surface area contributed by atoms with Crippen LogP contribution in [0.5, 0.6) is 0 Å². The molecular weight excluding hydrogens is 420 g/mol. The number of rotatable bonds is 5. The zero-order chi connectivity index (χ0) is 23.1. The van der Waals surface area contributed by atoms with Crippen LogP contribution in [0, 0.1) is 11.8 Å². The van der Waals surface area contributed by atoms with E-state index in [0.717, 1.165) is 36.2 Å². The lowest BCUT2D eigenvalue weighted by molar-refractivity contribution is -0.122. The summed E-state index contributed by atoms with van der Waals surface area (Å²) in [6.07, 6.45) is 2.89. The van der Waals surface area contributed by atoms with Crippen molar-refractivity contribution in [1.29, 1.82) is 0 Å². The van der Waals surface area contributed by atoms with E-state index in [2.05, 4.69) is 10.6 Å². The van der Waals surface area contributed by atoms with E-state index in [1.807, 2.05) is 23.1 Å². The van der Waals surface area contributed by atoms with Crippen molar-refractivity contribution in [3.8, 4) is 0 Å². The molecule has 0 bridgehead atoms. The van der Waals surface area contributed by atoms with Gasteiger partial charge in [0, 0.05) is 55.1 Å². The van der Waals surface area contributed by atoms with Gasteiger partial charge in [-0.1, -0.05) is 0 Å². The first-order chi connectivity index (χ1) is 15.9. The van der Waals surface area contributed by atoms with E-state index in [1.165, 1.54) is 6.92 Å². The number of carbonyl (C=O) groups is 4. The second-order valence-corrected chi connectivity index (χ2v) is 8.98. The number of anilines is 4. The number of amides is 4. The number of fused-ring (bicyclic) bond motifs is 1. The summed E-state index contributed by atoms with van der Waals surface area (Å²) in [5.74, 6) is -0.517. The van der Waals surface area contributed by atoms with Crippen molar-refractivity contribution >= 4 is 46.4 Å². The molecular formula is C25H26N4O4. The summed E-state index contributed by atoms with van der Waals surface area (Å²) in [6, 6.07) is 12.6. The molecule has 0 spiro atoms. The zero-order valence-corrected chi connectivity index (χ0v) is 18.5. The Bertz CT molecular complexity index is 1140. The van der Waals surface area contributed by atoms with Crippen molar-refractivity contribution in [3.05, 3.63) is 48.0 Å². The highest BCUT2D eigenvalue weighted by atomic mass is 16.2. The highest BCUT2D eigenvalue weighted by molar-refractivity contribution is 6.04. The normalized spacial score (nSPS) is 19.4. The van der Waals surface area contributed by atoms with E-state index in [1.54, 1.807) is 29.2 Å². The minimum absolute atomic E-state index is 0.0833. The number of carbonyl (C=O) groups excluding carboxylic acids is 4. The molecule has 1 atom stereocenters. The van der Waals surface area contributed by atoms with Gasteiger partial charge in [0.25, 0.3) is 0 Å². The Morgan fingerprint density at radius 2 is 1.64 bits per heavy atom.